The molecule has 1 unspecified atom stereocenters. The number of hydrogen-bond acceptors (Lipinski definition) is 5. The number of aliphatic hydroxyl groups excluding tert-OH is 1. The Labute approximate surface area is 196 Å². The Balaban J connectivity index is 1.43. The van der Waals surface area contributed by atoms with Gasteiger partial charge in [-0.05, 0) is 52.8 Å². The van der Waals surface area contributed by atoms with Gasteiger partial charge in [0.2, 0.25) is 0 Å². The number of thioether (sulfide) groups is 1. The van der Waals surface area contributed by atoms with Gasteiger partial charge in [-0.1, -0.05) is 66.7 Å². The van der Waals surface area contributed by atoms with Crippen LogP contribution in [0.25, 0.3) is 0 Å². The Bertz CT molecular complexity index is 886. The summed E-state index contributed by atoms with van der Waals surface area (Å²) < 4.78 is 5.89. The van der Waals surface area contributed by atoms with Crippen molar-refractivity contribution >= 4 is 11.8 Å². The highest BCUT2D eigenvalue weighted by Gasteiger charge is 2.08. The molecule has 5 heteroatoms. The van der Waals surface area contributed by atoms with Crippen molar-refractivity contribution in [2.45, 2.75) is 38.8 Å². The first-order valence-corrected chi connectivity index (χ1v) is 12.5. The van der Waals surface area contributed by atoms with E-state index in [0.29, 0.717) is 12.6 Å². The number of benzene rings is 3. The van der Waals surface area contributed by atoms with Crippen LogP contribution in [0.2, 0.25) is 0 Å². The molecule has 3 N–H and O–H groups in total. The second kappa shape index (κ2) is 14.0. The fraction of sp³-hybridized carbons (Fsp3) is 0.333. The second-order valence-corrected chi connectivity index (χ2v) is 8.87. The lowest BCUT2D eigenvalue weighted by Gasteiger charge is -2.19. The van der Waals surface area contributed by atoms with E-state index in [-0.39, 0.29) is 6.61 Å². The lowest BCUT2D eigenvalue weighted by Crippen LogP contribution is -2.38. The van der Waals surface area contributed by atoms with Crippen molar-refractivity contribution in [2.24, 2.45) is 0 Å². The van der Waals surface area contributed by atoms with E-state index in [4.69, 9.17) is 9.84 Å². The molecule has 0 aromatic heterocycles. The molecule has 1 atom stereocenters. The third-order valence-electron chi connectivity index (χ3n) is 5.36. The minimum absolute atomic E-state index is 0.0918. The summed E-state index contributed by atoms with van der Waals surface area (Å²) >= 11 is 1.88. The van der Waals surface area contributed by atoms with Crippen molar-refractivity contribution in [3.63, 3.8) is 0 Å². The lowest BCUT2D eigenvalue weighted by molar-refractivity contribution is 0.282. The normalized spacial score (nSPS) is 11.9. The number of rotatable bonds is 14. The molecule has 0 fully saturated rings. The summed E-state index contributed by atoms with van der Waals surface area (Å²) in [4.78, 5) is 0. The summed E-state index contributed by atoms with van der Waals surface area (Å²) in [5.74, 6) is 2.03. The van der Waals surface area contributed by atoms with Gasteiger partial charge in [-0.2, -0.15) is 11.8 Å². The van der Waals surface area contributed by atoms with Gasteiger partial charge in [0.25, 0.3) is 0 Å². The van der Waals surface area contributed by atoms with Crippen molar-refractivity contribution in [2.75, 3.05) is 18.6 Å². The largest absolute Gasteiger partial charge is 0.489 e. The second-order valence-electron chi connectivity index (χ2n) is 7.88. The third-order valence-corrected chi connectivity index (χ3v) is 6.01. The summed E-state index contributed by atoms with van der Waals surface area (Å²) in [5.41, 5.74) is 4.61. The SMILES string of the molecule is CSCCC(CNCc1ccc(CO)cc1)NCc1ccc(OCc2ccccc2)cc1. The molecule has 0 heterocycles. The van der Waals surface area contributed by atoms with Crippen LogP contribution in [0.3, 0.4) is 0 Å². The van der Waals surface area contributed by atoms with Gasteiger partial charge >= 0.3 is 0 Å². The van der Waals surface area contributed by atoms with Crippen LogP contribution in [-0.2, 0) is 26.3 Å². The smallest absolute Gasteiger partial charge is 0.119 e. The van der Waals surface area contributed by atoms with Crippen molar-refractivity contribution in [1.82, 2.24) is 10.6 Å². The molecule has 0 saturated carbocycles. The van der Waals surface area contributed by atoms with E-state index in [1.54, 1.807) is 0 Å². The summed E-state index contributed by atoms with van der Waals surface area (Å²) in [6.45, 7) is 3.26. The van der Waals surface area contributed by atoms with Crippen LogP contribution in [0.15, 0.2) is 78.9 Å². The fourth-order valence-corrected chi connectivity index (χ4v) is 3.92. The van der Waals surface area contributed by atoms with Crippen LogP contribution < -0.4 is 15.4 Å². The monoisotopic (exact) mass is 450 g/mol. The van der Waals surface area contributed by atoms with Gasteiger partial charge in [0.15, 0.2) is 0 Å². The Morgan fingerprint density at radius 1 is 0.812 bits per heavy atom. The summed E-state index contributed by atoms with van der Waals surface area (Å²) in [6, 6.07) is 27.1. The van der Waals surface area contributed by atoms with Crippen molar-refractivity contribution in [1.29, 1.82) is 0 Å². The molecular formula is C27H34N2O2S. The molecule has 0 amide bonds. The highest BCUT2D eigenvalue weighted by atomic mass is 32.2. The fourth-order valence-electron chi connectivity index (χ4n) is 3.40. The van der Waals surface area contributed by atoms with E-state index < -0.39 is 0 Å². The average Bonchev–Trinajstić information content (AvgIpc) is 2.85. The van der Waals surface area contributed by atoms with Crippen LogP contribution in [0.5, 0.6) is 5.75 Å². The molecule has 3 aromatic rings. The van der Waals surface area contributed by atoms with Crippen LogP contribution in [0.1, 0.15) is 28.7 Å². The minimum atomic E-state index is 0.0918. The average molecular weight is 451 g/mol. The van der Waals surface area contributed by atoms with Crippen molar-refractivity contribution < 1.29 is 9.84 Å². The highest BCUT2D eigenvalue weighted by molar-refractivity contribution is 7.98. The highest BCUT2D eigenvalue weighted by Crippen LogP contribution is 2.15. The molecule has 0 aliphatic carbocycles. The molecule has 32 heavy (non-hydrogen) atoms. The quantitative estimate of drug-likeness (QED) is 0.331. The van der Waals surface area contributed by atoms with Gasteiger partial charge in [0.1, 0.15) is 12.4 Å². The molecule has 170 valence electrons. The van der Waals surface area contributed by atoms with E-state index >= 15 is 0 Å². The molecule has 3 aromatic carbocycles. The maximum Gasteiger partial charge on any atom is 0.119 e. The maximum atomic E-state index is 9.17. The molecule has 0 aliphatic heterocycles. The first kappa shape index (κ1) is 24.3. The summed E-state index contributed by atoms with van der Waals surface area (Å²) in [5, 5.41) is 16.4. The summed E-state index contributed by atoms with van der Waals surface area (Å²) in [6.07, 6.45) is 3.28. The zero-order chi connectivity index (χ0) is 22.4. The van der Waals surface area contributed by atoms with Crippen molar-refractivity contribution in [3.8, 4) is 5.75 Å². The number of aliphatic hydroxyl groups is 1. The predicted octanol–water partition coefficient (Wildman–Crippen LogP) is 4.76. The minimum Gasteiger partial charge on any atom is -0.489 e. The topological polar surface area (TPSA) is 53.5 Å². The van der Waals surface area contributed by atoms with Gasteiger partial charge in [-0.25, -0.2) is 0 Å². The van der Waals surface area contributed by atoms with Crippen LogP contribution in [0, 0.1) is 0 Å². The molecular weight excluding hydrogens is 416 g/mol. The van der Waals surface area contributed by atoms with E-state index in [2.05, 4.69) is 53.3 Å². The maximum absolute atomic E-state index is 9.17. The van der Waals surface area contributed by atoms with Gasteiger partial charge < -0.3 is 20.5 Å². The van der Waals surface area contributed by atoms with E-state index in [1.807, 2.05) is 54.2 Å². The molecule has 4 nitrogen and oxygen atoms in total. The Morgan fingerprint density at radius 3 is 2.16 bits per heavy atom. The lowest BCUT2D eigenvalue weighted by atomic mass is 10.1. The third kappa shape index (κ3) is 8.67. The zero-order valence-corrected chi connectivity index (χ0v) is 19.6. The number of hydrogen-bond donors (Lipinski definition) is 3. The van der Waals surface area contributed by atoms with Gasteiger partial charge in [-0.15, -0.1) is 0 Å². The van der Waals surface area contributed by atoms with E-state index in [9.17, 15) is 0 Å². The molecule has 0 bridgehead atoms. The number of nitrogens with one attached hydrogen (secondary N) is 2. The van der Waals surface area contributed by atoms with Crippen LogP contribution >= 0.6 is 11.8 Å². The molecule has 0 saturated heterocycles. The molecule has 0 aliphatic rings. The van der Waals surface area contributed by atoms with E-state index in [1.165, 1.54) is 16.7 Å². The van der Waals surface area contributed by atoms with Crippen LogP contribution in [0.4, 0.5) is 0 Å². The molecule has 0 radical (unpaired) electrons. The predicted molar refractivity (Wildman–Crippen MR) is 135 cm³/mol. The van der Waals surface area contributed by atoms with Crippen molar-refractivity contribution in [3.05, 3.63) is 101 Å². The molecule has 0 spiro atoms. The molecule has 3 rings (SSSR count). The van der Waals surface area contributed by atoms with Crippen LogP contribution in [-0.4, -0.2) is 29.7 Å². The van der Waals surface area contributed by atoms with Gasteiger partial charge in [-0.3, -0.25) is 0 Å². The van der Waals surface area contributed by atoms with Gasteiger partial charge in [0.05, 0.1) is 6.61 Å². The Morgan fingerprint density at radius 2 is 1.47 bits per heavy atom. The van der Waals surface area contributed by atoms with E-state index in [0.717, 1.165) is 43.1 Å². The Hall–Kier alpha value is -2.31. The zero-order valence-electron chi connectivity index (χ0n) is 18.8. The standard InChI is InChI=1S/C27H34N2O2S/c1-32-16-15-26(19-28-17-22-7-9-24(20-30)10-8-22)29-18-23-11-13-27(14-12-23)31-21-25-5-3-2-4-6-25/h2-14,26,28-30H,15-21H2,1H3. The first-order valence-electron chi connectivity index (χ1n) is 11.1. The van der Waals surface area contributed by atoms with Gasteiger partial charge in [0, 0.05) is 25.7 Å². The first-order chi connectivity index (χ1) is 15.8. The summed E-state index contributed by atoms with van der Waals surface area (Å²) in [7, 11) is 0. The Kier molecular flexibility index (Phi) is 10.6. The number of ether oxygens (including phenoxy) is 1.